The van der Waals surface area contributed by atoms with E-state index in [1.54, 1.807) is 6.92 Å². The van der Waals surface area contributed by atoms with Gasteiger partial charge in [-0.3, -0.25) is 4.79 Å². The summed E-state index contributed by atoms with van der Waals surface area (Å²) < 4.78 is 5.43. The molecule has 3 atom stereocenters. The number of aliphatic hydroxyl groups is 2. The Hall–Kier alpha value is -0.650. The number of nitrogens with zero attached hydrogens (tertiary/aromatic N) is 1. The third-order valence-corrected chi connectivity index (χ3v) is 3.22. The van der Waals surface area contributed by atoms with Crippen LogP contribution < -0.4 is 0 Å². The molecule has 2 N–H and O–H groups in total. The van der Waals surface area contributed by atoms with Crippen molar-refractivity contribution in [3.8, 4) is 0 Å². The minimum atomic E-state index is -0.820. The Morgan fingerprint density at radius 2 is 2.00 bits per heavy atom. The Labute approximate surface area is 88.6 Å². The Morgan fingerprint density at radius 1 is 1.40 bits per heavy atom. The normalized spacial score (nSPS) is 41.1. The van der Waals surface area contributed by atoms with E-state index in [0.29, 0.717) is 13.0 Å². The summed E-state index contributed by atoms with van der Waals surface area (Å²) in [5, 5.41) is 18.7. The Bertz CT molecular complexity index is 252. The number of carbonyl (C=O) groups is 1. The minimum Gasteiger partial charge on any atom is -0.388 e. The Balaban J connectivity index is 2.02. The lowest BCUT2D eigenvalue weighted by Crippen LogP contribution is -2.46. The first-order chi connectivity index (χ1) is 7.03. The van der Waals surface area contributed by atoms with Crippen LogP contribution in [-0.4, -0.2) is 58.5 Å². The third-order valence-electron chi connectivity index (χ3n) is 3.22. The van der Waals surface area contributed by atoms with Gasteiger partial charge >= 0.3 is 0 Å². The van der Waals surface area contributed by atoms with E-state index in [0.717, 1.165) is 6.42 Å². The fourth-order valence-electron chi connectivity index (χ4n) is 2.22. The molecule has 0 aromatic heterocycles. The molecule has 5 nitrogen and oxygen atoms in total. The van der Waals surface area contributed by atoms with E-state index >= 15 is 0 Å². The van der Waals surface area contributed by atoms with Gasteiger partial charge in [-0.05, 0) is 19.8 Å². The predicted molar refractivity (Wildman–Crippen MR) is 52.2 cm³/mol. The van der Waals surface area contributed by atoms with Crippen LogP contribution in [0.15, 0.2) is 0 Å². The molecule has 2 saturated heterocycles. The molecule has 0 aromatic rings. The maximum atomic E-state index is 12.0. The molecule has 0 aromatic carbocycles. The molecule has 2 rings (SSSR count). The van der Waals surface area contributed by atoms with Crippen molar-refractivity contribution >= 4 is 5.91 Å². The van der Waals surface area contributed by atoms with Crippen LogP contribution in [0, 0.1) is 0 Å². The summed E-state index contributed by atoms with van der Waals surface area (Å²) in [4.78, 5) is 13.5. The molecule has 86 valence electrons. The number of amides is 1. The van der Waals surface area contributed by atoms with Crippen LogP contribution in [0.1, 0.15) is 19.8 Å². The summed E-state index contributed by atoms with van der Waals surface area (Å²) in [5.41, 5.74) is -0.746. The van der Waals surface area contributed by atoms with Gasteiger partial charge < -0.3 is 19.8 Å². The number of aliphatic hydroxyl groups excluding tert-OH is 2. The number of likely N-dealkylation sites (tertiary alicyclic amines) is 1. The number of carbonyl (C=O) groups excluding carboxylic acids is 1. The zero-order chi connectivity index (χ0) is 11.1. The molecule has 0 aliphatic carbocycles. The number of ether oxygens (including phenoxy) is 1. The van der Waals surface area contributed by atoms with Crippen molar-refractivity contribution in [1.29, 1.82) is 0 Å². The van der Waals surface area contributed by atoms with E-state index in [9.17, 15) is 15.0 Å². The van der Waals surface area contributed by atoms with Gasteiger partial charge in [-0.25, -0.2) is 0 Å². The van der Waals surface area contributed by atoms with Crippen LogP contribution >= 0.6 is 0 Å². The average molecular weight is 215 g/mol. The average Bonchev–Trinajstić information content (AvgIpc) is 2.75. The molecular formula is C10H17NO4. The highest BCUT2D eigenvalue weighted by Gasteiger charge is 2.44. The van der Waals surface area contributed by atoms with Crippen molar-refractivity contribution in [3.63, 3.8) is 0 Å². The van der Waals surface area contributed by atoms with Gasteiger partial charge in [0.2, 0.25) is 0 Å². The lowest BCUT2D eigenvalue weighted by molar-refractivity contribution is -0.150. The van der Waals surface area contributed by atoms with Crippen LogP contribution in [-0.2, 0) is 9.53 Å². The standard InChI is InChI=1S/C10H17NO4/c1-10(3-2-4-15-10)9(14)11-5-7(12)8(13)6-11/h7-8,12-13H,2-6H2,1H3/t7-,8+,10?. The second kappa shape index (κ2) is 3.73. The van der Waals surface area contributed by atoms with Crippen LogP contribution in [0.25, 0.3) is 0 Å². The van der Waals surface area contributed by atoms with Gasteiger partial charge in [0, 0.05) is 19.7 Å². The lowest BCUT2D eigenvalue weighted by atomic mass is 10.0. The van der Waals surface area contributed by atoms with Gasteiger partial charge in [0.25, 0.3) is 5.91 Å². The van der Waals surface area contributed by atoms with Crippen molar-refractivity contribution in [2.75, 3.05) is 19.7 Å². The quantitative estimate of drug-likeness (QED) is 0.596. The van der Waals surface area contributed by atoms with Crippen LogP contribution in [0.3, 0.4) is 0 Å². The fourth-order valence-corrected chi connectivity index (χ4v) is 2.22. The largest absolute Gasteiger partial charge is 0.388 e. The van der Waals surface area contributed by atoms with E-state index in [4.69, 9.17) is 4.74 Å². The van der Waals surface area contributed by atoms with Gasteiger partial charge in [-0.1, -0.05) is 0 Å². The molecule has 1 unspecified atom stereocenters. The summed E-state index contributed by atoms with van der Waals surface area (Å²) in [6.07, 6.45) is -0.0340. The molecule has 1 amide bonds. The minimum absolute atomic E-state index is 0.115. The molecule has 2 aliphatic rings. The maximum absolute atomic E-state index is 12.0. The first-order valence-electron chi connectivity index (χ1n) is 5.32. The molecule has 2 aliphatic heterocycles. The highest BCUT2D eigenvalue weighted by atomic mass is 16.5. The predicted octanol–water partition coefficient (Wildman–Crippen LogP) is -0.881. The summed E-state index contributed by atoms with van der Waals surface area (Å²) in [7, 11) is 0. The summed E-state index contributed by atoms with van der Waals surface area (Å²) >= 11 is 0. The first-order valence-corrected chi connectivity index (χ1v) is 5.32. The SMILES string of the molecule is CC1(C(=O)N2C[C@@H](O)[C@@H](O)C2)CCCO1. The third kappa shape index (κ3) is 1.87. The van der Waals surface area contributed by atoms with Crippen molar-refractivity contribution in [1.82, 2.24) is 4.90 Å². The molecule has 0 bridgehead atoms. The smallest absolute Gasteiger partial charge is 0.254 e. The zero-order valence-corrected chi connectivity index (χ0v) is 8.85. The lowest BCUT2D eigenvalue weighted by Gasteiger charge is -2.27. The van der Waals surface area contributed by atoms with Gasteiger partial charge in [0.15, 0.2) is 0 Å². The summed E-state index contributed by atoms with van der Waals surface area (Å²) in [6, 6.07) is 0. The van der Waals surface area contributed by atoms with Gasteiger partial charge in [-0.15, -0.1) is 0 Å². The maximum Gasteiger partial charge on any atom is 0.254 e. The van der Waals surface area contributed by atoms with Crippen LogP contribution in [0.5, 0.6) is 0 Å². The van der Waals surface area contributed by atoms with Gasteiger partial charge in [-0.2, -0.15) is 0 Å². The Morgan fingerprint density at radius 3 is 2.47 bits per heavy atom. The summed E-state index contributed by atoms with van der Waals surface area (Å²) in [6.45, 7) is 2.80. The van der Waals surface area contributed by atoms with Crippen LogP contribution in [0.4, 0.5) is 0 Å². The summed E-state index contributed by atoms with van der Waals surface area (Å²) in [5.74, 6) is -0.115. The first kappa shape index (κ1) is 10.9. The molecule has 0 radical (unpaired) electrons. The molecule has 5 heteroatoms. The molecule has 2 fully saturated rings. The number of β-amino-alcohol motifs (C(OH)–C–C–N with tert-alkyl or cyclic N) is 2. The molecule has 2 heterocycles. The second-order valence-electron chi connectivity index (χ2n) is 4.53. The second-order valence-corrected chi connectivity index (χ2v) is 4.53. The number of rotatable bonds is 1. The van der Waals surface area contributed by atoms with Crippen molar-refractivity contribution in [3.05, 3.63) is 0 Å². The fraction of sp³-hybridized carbons (Fsp3) is 0.900. The molecule has 0 spiro atoms. The van der Waals surface area contributed by atoms with Crippen molar-refractivity contribution < 1.29 is 19.7 Å². The zero-order valence-electron chi connectivity index (χ0n) is 8.85. The highest BCUT2D eigenvalue weighted by Crippen LogP contribution is 2.28. The topological polar surface area (TPSA) is 70.0 Å². The highest BCUT2D eigenvalue weighted by molar-refractivity contribution is 5.85. The van der Waals surface area contributed by atoms with Crippen molar-refractivity contribution in [2.45, 2.75) is 37.6 Å². The van der Waals surface area contributed by atoms with E-state index < -0.39 is 17.8 Å². The number of hydrogen-bond acceptors (Lipinski definition) is 4. The molecular weight excluding hydrogens is 198 g/mol. The van der Waals surface area contributed by atoms with Crippen LogP contribution in [0.2, 0.25) is 0 Å². The number of hydrogen-bond donors (Lipinski definition) is 2. The van der Waals surface area contributed by atoms with E-state index in [1.165, 1.54) is 4.90 Å². The monoisotopic (exact) mass is 215 g/mol. The van der Waals surface area contributed by atoms with Gasteiger partial charge in [0.05, 0.1) is 12.2 Å². The van der Waals surface area contributed by atoms with Gasteiger partial charge in [0.1, 0.15) is 5.60 Å². The van der Waals surface area contributed by atoms with E-state index in [1.807, 2.05) is 0 Å². The molecule has 0 saturated carbocycles. The van der Waals surface area contributed by atoms with Crippen molar-refractivity contribution in [2.24, 2.45) is 0 Å². The van der Waals surface area contributed by atoms with E-state index in [-0.39, 0.29) is 19.0 Å². The molecule has 15 heavy (non-hydrogen) atoms. The Kier molecular flexibility index (Phi) is 2.70. The van der Waals surface area contributed by atoms with E-state index in [2.05, 4.69) is 0 Å².